The Balaban J connectivity index is 1.87. The highest BCUT2D eigenvalue weighted by molar-refractivity contribution is 7.89. The molecule has 0 atom stereocenters. The maximum absolute atomic E-state index is 13.5. The topological polar surface area (TPSA) is 120 Å². The summed E-state index contributed by atoms with van der Waals surface area (Å²) < 4.78 is 37.7. The molecular formula is C15H14FN5O4S. The number of hydrogen-bond acceptors (Lipinski definition) is 7. The van der Waals surface area contributed by atoms with E-state index in [0.29, 0.717) is 22.6 Å². The predicted molar refractivity (Wildman–Crippen MR) is 91.9 cm³/mol. The maximum Gasteiger partial charge on any atom is 0.368 e. The second-order valence-corrected chi connectivity index (χ2v) is 7.84. The van der Waals surface area contributed by atoms with Gasteiger partial charge in [0.15, 0.2) is 15.7 Å². The van der Waals surface area contributed by atoms with Gasteiger partial charge in [-0.25, -0.2) is 17.8 Å². The first kappa shape index (κ1) is 17.7. The van der Waals surface area contributed by atoms with E-state index in [-0.39, 0.29) is 18.1 Å². The number of rotatable bonds is 6. The summed E-state index contributed by atoms with van der Waals surface area (Å²) in [6.45, 7) is 0.101. The molecule has 3 rings (SSSR count). The highest BCUT2D eigenvalue weighted by Crippen LogP contribution is 2.18. The molecule has 0 amide bonds. The number of halogens is 1. The Labute approximate surface area is 147 Å². The summed E-state index contributed by atoms with van der Waals surface area (Å²) in [6.07, 6.45) is 2.20. The van der Waals surface area contributed by atoms with Crippen LogP contribution in [0, 0.1) is 15.9 Å². The molecule has 26 heavy (non-hydrogen) atoms. The molecule has 0 fully saturated rings. The average Bonchev–Trinajstić information content (AvgIpc) is 2.97. The van der Waals surface area contributed by atoms with Gasteiger partial charge in [-0.2, -0.15) is 0 Å². The quantitative estimate of drug-likeness (QED) is 0.513. The molecule has 2 heterocycles. The van der Waals surface area contributed by atoms with Crippen molar-refractivity contribution in [2.45, 2.75) is 12.3 Å². The zero-order valence-electron chi connectivity index (χ0n) is 13.6. The first-order valence-electron chi connectivity index (χ1n) is 7.41. The minimum Gasteiger partial charge on any atom is -0.363 e. The molecule has 3 aromatic rings. The summed E-state index contributed by atoms with van der Waals surface area (Å²) in [5.74, 6) is -0.697. The summed E-state index contributed by atoms with van der Waals surface area (Å²) in [5, 5.41) is 18.0. The van der Waals surface area contributed by atoms with Crippen molar-refractivity contribution < 1.29 is 17.7 Å². The normalized spacial score (nSPS) is 11.6. The highest BCUT2D eigenvalue weighted by Gasteiger charge is 2.16. The van der Waals surface area contributed by atoms with Crippen LogP contribution in [0.15, 0.2) is 36.5 Å². The number of imidazole rings is 1. The molecule has 0 unspecified atom stereocenters. The molecule has 1 N–H and O–H groups in total. The molecular weight excluding hydrogens is 365 g/mol. The SMILES string of the molecule is CS(=O)(=O)Cc1ccc(F)cc1CNc1ccc2ncc([N+](=O)[O-])n2n1. The number of nitrogens with zero attached hydrogens (tertiary/aromatic N) is 4. The fourth-order valence-electron chi connectivity index (χ4n) is 2.45. The van der Waals surface area contributed by atoms with Crippen LogP contribution >= 0.6 is 0 Å². The standard InChI is InChI=1S/C15H14FN5O4S/c1-26(24,25)9-10-2-3-12(16)6-11(10)7-17-13-4-5-14-18-8-15(21(22)23)20(14)19-13/h2-6,8H,7,9H2,1H3,(H,17,19). The van der Waals surface area contributed by atoms with Crippen LogP contribution in [0.4, 0.5) is 16.0 Å². The minimum absolute atomic E-state index is 0.101. The molecule has 0 radical (unpaired) electrons. The van der Waals surface area contributed by atoms with Crippen LogP contribution in [0.2, 0.25) is 0 Å². The van der Waals surface area contributed by atoms with E-state index in [1.165, 1.54) is 18.2 Å². The van der Waals surface area contributed by atoms with E-state index in [9.17, 15) is 22.9 Å². The number of sulfone groups is 1. The Morgan fingerprint density at radius 2 is 2.04 bits per heavy atom. The number of fused-ring (bicyclic) bond motifs is 1. The Morgan fingerprint density at radius 3 is 2.73 bits per heavy atom. The van der Waals surface area contributed by atoms with Gasteiger partial charge in [0, 0.05) is 18.9 Å². The van der Waals surface area contributed by atoms with Crippen molar-refractivity contribution >= 4 is 27.1 Å². The summed E-state index contributed by atoms with van der Waals surface area (Å²) in [6, 6.07) is 6.98. The molecule has 2 aromatic heterocycles. The second-order valence-electron chi connectivity index (χ2n) is 5.70. The molecule has 136 valence electrons. The molecule has 0 saturated carbocycles. The van der Waals surface area contributed by atoms with Crippen molar-refractivity contribution in [1.82, 2.24) is 14.6 Å². The zero-order chi connectivity index (χ0) is 18.9. The molecule has 0 aliphatic heterocycles. The number of nitrogens with one attached hydrogen (secondary N) is 1. The van der Waals surface area contributed by atoms with Crippen molar-refractivity contribution in [3.05, 3.63) is 63.6 Å². The zero-order valence-corrected chi connectivity index (χ0v) is 14.4. The van der Waals surface area contributed by atoms with Crippen LogP contribution < -0.4 is 5.32 Å². The van der Waals surface area contributed by atoms with Crippen molar-refractivity contribution in [2.75, 3.05) is 11.6 Å². The van der Waals surface area contributed by atoms with Gasteiger partial charge >= 0.3 is 5.82 Å². The van der Waals surface area contributed by atoms with Gasteiger partial charge in [0.1, 0.15) is 12.0 Å². The lowest BCUT2D eigenvalue weighted by atomic mass is 10.1. The molecule has 0 aliphatic rings. The van der Waals surface area contributed by atoms with E-state index in [1.54, 1.807) is 12.1 Å². The lowest BCUT2D eigenvalue weighted by molar-refractivity contribution is -0.391. The third kappa shape index (κ3) is 3.94. The first-order valence-corrected chi connectivity index (χ1v) is 9.47. The van der Waals surface area contributed by atoms with Gasteiger partial charge in [-0.1, -0.05) is 15.7 Å². The summed E-state index contributed by atoms with van der Waals surface area (Å²) in [7, 11) is -3.29. The Morgan fingerprint density at radius 1 is 1.27 bits per heavy atom. The number of hydrogen-bond donors (Lipinski definition) is 1. The highest BCUT2D eigenvalue weighted by atomic mass is 32.2. The molecule has 0 spiro atoms. The van der Waals surface area contributed by atoms with E-state index in [2.05, 4.69) is 15.4 Å². The third-order valence-corrected chi connectivity index (χ3v) is 4.41. The van der Waals surface area contributed by atoms with E-state index in [0.717, 1.165) is 17.0 Å². The molecule has 0 bridgehead atoms. The largest absolute Gasteiger partial charge is 0.368 e. The Kier molecular flexibility index (Phi) is 4.55. The Bertz CT molecular complexity index is 1100. The fourth-order valence-corrected chi connectivity index (χ4v) is 3.29. The average molecular weight is 379 g/mol. The third-order valence-electron chi connectivity index (χ3n) is 3.58. The monoisotopic (exact) mass is 379 g/mol. The van der Waals surface area contributed by atoms with Crippen LogP contribution in [-0.2, 0) is 22.1 Å². The number of benzene rings is 1. The van der Waals surface area contributed by atoms with Gasteiger partial charge in [0.05, 0.1) is 5.75 Å². The number of nitro groups is 1. The summed E-state index contributed by atoms with van der Waals surface area (Å²) >= 11 is 0. The molecule has 0 saturated heterocycles. The van der Waals surface area contributed by atoms with Gasteiger partial charge in [-0.05, 0) is 34.2 Å². The smallest absolute Gasteiger partial charge is 0.363 e. The molecule has 0 aliphatic carbocycles. The van der Waals surface area contributed by atoms with Crippen LogP contribution in [-0.4, -0.2) is 34.2 Å². The minimum atomic E-state index is -3.29. The van der Waals surface area contributed by atoms with E-state index in [1.807, 2.05) is 0 Å². The second kappa shape index (κ2) is 6.67. The first-order chi connectivity index (χ1) is 12.2. The summed E-state index contributed by atoms with van der Waals surface area (Å²) in [5.41, 5.74) is 1.24. The predicted octanol–water partition coefficient (Wildman–Crippen LogP) is 1.93. The lowest BCUT2D eigenvalue weighted by Gasteiger charge is -2.10. The molecule has 1 aromatic carbocycles. The van der Waals surface area contributed by atoms with Gasteiger partial charge in [0.25, 0.3) is 0 Å². The van der Waals surface area contributed by atoms with E-state index >= 15 is 0 Å². The maximum atomic E-state index is 13.5. The van der Waals surface area contributed by atoms with Crippen LogP contribution in [0.25, 0.3) is 5.65 Å². The van der Waals surface area contributed by atoms with E-state index in [4.69, 9.17) is 0 Å². The van der Waals surface area contributed by atoms with Crippen molar-refractivity contribution in [2.24, 2.45) is 0 Å². The van der Waals surface area contributed by atoms with Gasteiger partial charge in [-0.3, -0.25) is 0 Å². The fraction of sp³-hybridized carbons (Fsp3) is 0.200. The number of anilines is 1. The molecule has 11 heteroatoms. The van der Waals surface area contributed by atoms with Gasteiger partial charge in [0.2, 0.25) is 5.65 Å². The van der Waals surface area contributed by atoms with Gasteiger partial charge < -0.3 is 15.4 Å². The summed E-state index contributed by atoms with van der Waals surface area (Å²) in [4.78, 5) is 14.2. The van der Waals surface area contributed by atoms with Gasteiger partial charge in [-0.15, -0.1) is 0 Å². The molecule has 9 nitrogen and oxygen atoms in total. The van der Waals surface area contributed by atoms with E-state index < -0.39 is 20.6 Å². The van der Waals surface area contributed by atoms with Crippen molar-refractivity contribution in [3.63, 3.8) is 0 Å². The lowest BCUT2D eigenvalue weighted by Crippen LogP contribution is -2.09. The van der Waals surface area contributed by atoms with Crippen molar-refractivity contribution in [3.8, 4) is 0 Å². The van der Waals surface area contributed by atoms with Crippen LogP contribution in [0.5, 0.6) is 0 Å². The Hall–Kier alpha value is -3.08. The van der Waals surface area contributed by atoms with Crippen LogP contribution in [0.3, 0.4) is 0 Å². The van der Waals surface area contributed by atoms with Crippen molar-refractivity contribution in [1.29, 1.82) is 0 Å². The number of aromatic nitrogens is 3. The van der Waals surface area contributed by atoms with Crippen LogP contribution in [0.1, 0.15) is 11.1 Å².